The Bertz CT molecular complexity index is 705. The van der Waals surface area contributed by atoms with E-state index in [0.29, 0.717) is 0 Å². The van der Waals surface area contributed by atoms with E-state index >= 15 is 0 Å². The average Bonchev–Trinajstić information content (AvgIpc) is 2.48. The van der Waals surface area contributed by atoms with Gasteiger partial charge in [-0.2, -0.15) is 0 Å². The summed E-state index contributed by atoms with van der Waals surface area (Å²) in [5.74, 6) is 0. The summed E-state index contributed by atoms with van der Waals surface area (Å²) in [5, 5.41) is 2.57. The maximum absolute atomic E-state index is 3.77. The standard InChI is InChI=1S/C19H16/c1-2-5-15-8-10-17(11-9-15)19-13-12-16-6-3-4-7-18(16)14-19/h2-4,6-14H,1,5H2. The highest BCUT2D eigenvalue weighted by Gasteiger charge is 1.99. The van der Waals surface area contributed by atoms with Crippen molar-refractivity contribution in [3.63, 3.8) is 0 Å². The Morgan fingerprint density at radius 2 is 1.42 bits per heavy atom. The minimum Gasteiger partial charge on any atom is -0.103 e. The van der Waals surface area contributed by atoms with Crippen molar-refractivity contribution in [2.45, 2.75) is 6.42 Å². The summed E-state index contributed by atoms with van der Waals surface area (Å²) in [7, 11) is 0. The molecular weight excluding hydrogens is 228 g/mol. The molecule has 3 rings (SSSR count). The second kappa shape index (κ2) is 5.11. The van der Waals surface area contributed by atoms with Gasteiger partial charge in [-0.25, -0.2) is 0 Å². The lowest BCUT2D eigenvalue weighted by Gasteiger charge is -2.05. The van der Waals surface area contributed by atoms with Gasteiger partial charge in [-0.05, 0) is 39.9 Å². The molecule has 0 N–H and O–H groups in total. The predicted molar refractivity (Wildman–Crippen MR) is 83.3 cm³/mol. The molecule has 0 amide bonds. The van der Waals surface area contributed by atoms with Gasteiger partial charge in [0.15, 0.2) is 0 Å². The molecule has 0 atom stereocenters. The fraction of sp³-hybridized carbons (Fsp3) is 0.0526. The van der Waals surface area contributed by atoms with E-state index in [1.54, 1.807) is 0 Å². The van der Waals surface area contributed by atoms with Crippen LogP contribution in [0, 0.1) is 0 Å². The van der Waals surface area contributed by atoms with Gasteiger partial charge >= 0.3 is 0 Å². The van der Waals surface area contributed by atoms with Crippen molar-refractivity contribution >= 4 is 10.8 Å². The van der Waals surface area contributed by atoms with Crippen LogP contribution >= 0.6 is 0 Å². The fourth-order valence-corrected chi connectivity index (χ4v) is 2.37. The van der Waals surface area contributed by atoms with Crippen LogP contribution < -0.4 is 0 Å². The van der Waals surface area contributed by atoms with E-state index in [1.807, 2.05) is 6.08 Å². The Balaban J connectivity index is 2.01. The van der Waals surface area contributed by atoms with Crippen LogP contribution in [0.4, 0.5) is 0 Å². The molecule has 0 aliphatic carbocycles. The Labute approximate surface area is 114 Å². The van der Waals surface area contributed by atoms with Gasteiger partial charge in [0.2, 0.25) is 0 Å². The summed E-state index contributed by atoms with van der Waals surface area (Å²) >= 11 is 0. The zero-order valence-corrected chi connectivity index (χ0v) is 10.8. The summed E-state index contributed by atoms with van der Waals surface area (Å²) < 4.78 is 0. The van der Waals surface area contributed by atoms with E-state index in [0.717, 1.165) is 6.42 Å². The first-order chi connectivity index (χ1) is 9.36. The second-order valence-electron chi connectivity index (χ2n) is 4.75. The quantitative estimate of drug-likeness (QED) is 0.553. The van der Waals surface area contributed by atoms with E-state index in [2.05, 4.69) is 73.3 Å². The van der Waals surface area contributed by atoms with E-state index in [-0.39, 0.29) is 0 Å². The van der Waals surface area contributed by atoms with Gasteiger partial charge in [-0.3, -0.25) is 0 Å². The number of hydrogen-bond donors (Lipinski definition) is 0. The number of allylic oxidation sites excluding steroid dienone is 1. The van der Waals surface area contributed by atoms with Crippen LogP contribution in [-0.4, -0.2) is 0 Å². The van der Waals surface area contributed by atoms with Crippen LogP contribution in [0.15, 0.2) is 79.4 Å². The van der Waals surface area contributed by atoms with Gasteiger partial charge in [-0.1, -0.05) is 66.7 Å². The smallest absolute Gasteiger partial charge is 0.0100 e. The maximum Gasteiger partial charge on any atom is -0.0100 e. The van der Waals surface area contributed by atoms with Crippen molar-refractivity contribution in [2.24, 2.45) is 0 Å². The van der Waals surface area contributed by atoms with Crippen LogP contribution in [0.5, 0.6) is 0 Å². The van der Waals surface area contributed by atoms with E-state index in [9.17, 15) is 0 Å². The van der Waals surface area contributed by atoms with Crippen LogP contribution in [0.3, 0.4) is 0 Å². The number of fused-ring (bicyclic) bond motifs is 1. The Kier molecular flexibility index (Phi) is 3.16. The third kappa shape index (κ3) is 2.43. The second-order valence-corrected chi connectivity index (χ2v) is 4.75. The Hall–Kier alpha value is -2.34. The van der Waals surface area contributed by atoms with Gasteiger partial charge in [0.05, 0.1) is 0 Å². The number of benzene rings is 3. The molecule has 0 aliphatic heterocycles. The fourth-order valence-electron chi connectivity index (χ4n) is 2.37. The van der Waals surface area contributed by atoms with Crippen molar-refractivity contribution in [2.75, 3.05) is 0 Å². The molecule has 0 bridgehead atoms. The molecule has 0 fully saturated rings. The molecule has 92 valence electrons. The molecule has 0 aromatic heterocycles. The highest BCUT2D eigenvalue weighted by Crippen LogP contribution is 2.24. The summed E-state index contributed by atoms with van der Waals surface area (Å²) in [4.78, 5) is 0. The molecule has 0 nitrogen and oxygen atoms in total. The van der Waals surface area contributed by atoms with Gasteiger partial charge in [0.25, 0.3) is 0 Å². The SMILES string of the molecule is C=CCc1ccc(-c2ccc3ccccc3c2)cc1. The number of hydrogen-bond acceptors (Lipinski definition) is 0. The van der Waals surface area contributed by atoms with E-state index in [4.69, 9.17) is 0 Å². The van der Waals surface area contributed by atoms with Crippen molar-refractivity contribution in [3.05, 3.63) is 84.9 Å². The summed E-state index contributed by atoms with van der Waals surface area (Å²) in [6.07, 6.45) is 2.86. The first-order valence-corrected chi connectivity index (χ1v) is 6.56. The van der Waals surface area contributed by atoms with Crippen molar-refractivity contribution in [3.8, 4) is 11.1 Å². The molecule has 0 saturated heterocycles. The molecule has 0 spiro atoms. The predicted octanol–water partition coefficient (Wildman–Crippen LogP) is 5.24. The molecule has 3 aromatic rings. The molecule has 0 heterocycles. The molecule has 0 aliphatic rings. The average molecular weight is 244 g/mol. The summed E-state index contributed by atoms with van der Waals surface area (Å²) in [5.41, 5.74) is 3.84. The third-order valence-corrected chi connectivity index (χ3v) is 3.42. The molecule has 3 aromatic carbocycles. The zero-order valence-electron chi connectivity index (χ0n) is 10.8. The van der Waals surface area contributed by atoms with Crippen LogP contribution in [0.2, 0.25) is 0 Å². The van der Waals surface area contributed by atoms with Gasteiger partial charge in [-0.15, -0.1) is 6.58 Å². The zero-order chi connectivity index (χ0) is 13.1. The first-order valence-electron chi connectivity index (χ1n) is 6.56. The summed E-state index contributed by atoms with van der Waals surface area (Å²) in [6.45, 7) is 3.77. The highest BCUT2D eigenvalue weighted by atomic mass is 14.0. The normalized spacial score (nSPS) is 10.5. The number of rotatable bonds is 3. The Morgan fingerprint density at radius 1 is 0.737 bits per heavy atom. The van der Waals surface area contributed by atoms with Crippen molar-refractivity contribution in [1.82, 2.24) is 0 Å². The topological polar surface area (TPSA) is 0 Å². The third-order valence-electron chi connectivity index (χ3n) is 3.42. The molecule has 0 unspecified atom stereocenters. The van der Waals surface area contributed by atoms with Crippen LogP contribution in [0.1, 0.15) is 5.56 Å². The molecular formula is C19H16. The van der Waals surface area contributed by atoms with E-state index < -0.39 is 0 Å². The van der Waals surface area contributed by atoms with Crippen molar-refractivity contribution < 1.29 is 0 Å². The van der Waals surface area contributed by atoms with Gasteiger partial charge in [0.1, 0.15) is 0 Å². The molecule has 0 saturated carbocycles. The summed E-state index contributed by atoms with van der Waals surface area (Å²) in [6, 6.07) is 23.8. The Morgan fingerprint density at radius 3 is 2.16 bits per heavy atom. The minimum absolute atomic E-state index is 0.929. The van der Waals surface area contributed by atoms with Crippen LogP contribution in [0.25, 0.3) is 21.9 Å². The monoisotopic (exact) mass is 244 g/mol. The highest BCUT2D eigenvalue weighted by molar-refractivity contribution is 5.87. The lowest BCUT2D eigenvalue weighted by Crippen LogP contribution is -1.82. The lowest BCUT2D eigenvalue weighted by molar-refractivity contribution is 1.28. The maximum atomic E-state index is 3.77. The van der Waals surface area contributed by atoms with Gasteiger partial charge in [0, 0.05) is 0 Å². The van der Waals surface area contributed by atoms with Gasteiger partial charge < -0.3 is 0 Å². The molecule has 0 radical (unpaired) electrons. The minimum atomic E-state index is 0.929. The molecule has 0 heteroatoms. The van der Waals surface area contributed by atoms with E-state index in [1.165, 1.54) is 27.5 Å². The van der Waals surface area contributed by atoms with Crippen molar-refractivity contribution in [1.29, 1.82) is 0 Å². The molecule has 19 heavy (non-hydrogen) atoms. The largest absolute Gasteiger partial charge is 0.103 e. The first kappa shape index (κ1) is 11.7. The van der Waals surface area contributed by atoms with Crippen LogP contribution in [-0.2, 0) is 6.42 Å². The lowest BCUT2D eigenvalue weighted by atomic mass is 10.00.